The van der Waals surface area contributed by atoms with Gasteiger partial charge in [-0.25, -0.2) is 4.98 Å². The molecule has 0 saturated carbocycles. The molecule has 1 aromatic carbocycles. The predicted octanol–water partition coefficient (Wildman–Crippen LogP) is 4.57. The Balaban J connectivity index is 2.05. The van der Waals surface area contributed by atoms with Crippen molar-refractivity contribution in [1.29, 1.82) is 0 Å². The molecule has 0 radical (unpaired) electrons. The van der Waals surface area contributed by atoms with E-state index >= 15 is 0 Å². The Kier molecular flexibility index (Phi) is 6.44. The topological polar surface area (TPSA) is 51.6 Å². The van der Waals surface area contributed by atoms with E-state index in [9.17, 15) is 0 Å². The molecule has 0 amide bonds. The number of benzene rings is 1. The third kappa shape index (κ3) is 5.27. The number of aromatic nitrogens is 1. The molecule has 23 heavy (non-hydrogen) atoms. The molecule has 2 rings (SSSR count). The lowest BCUT2D eigenvalue weighted by Gasteiger charge is -2.09. The molecule has 0 aliphatic carbocycles. The maximum atomic E-state index is 8.99. The van der Waals surface area contributed by atoms with E-state index in [1.54, 1.807) is 30.5 Å². The van der Waals surface area contributed by atoms with E-state index in [-0.39, 0.29) is 12.5 Å². The highest BCUT2D eigenvalue weighted by molar-refractivity contribution is 6.32. The number of ether oxygens (including phenoxy) is 2. The fourth-order valence-corrected chi connectivity index (χ4v) is 2.03. The zero-order valence-electron chi connectivity index (χ0n) is 13.2. The van der Waals surface area contributed by atoms with Gasteiger partial charge in [0.05, 0.1) is 11.6 Å². The van der Waals surface area contributed by atoms with Crippen molar-refractivity contribution in [3.63, 3.8) is 0 Å². The standard InChI is InChI=1S/C18H20ClNO3/c1-3-22-15-7-8-17(16(19)10-15)23-18-9-6-14(11-20-18)5-4-13(2)12-21/h4-11,13,21H,3,12H2,1-2H3/b5-4+. The highest BCUT2D eigenvalue weighted by Gasteiger charge is 2.06. The molecular formula is C18H20ClNO3. The molecular weight excluding hydrogens is 314 g/mol. The van der Waals surface area contributed by atoms with Crippen LogP contribution in [-0.2, 0) is 0 Å². The van der Waals surface area contributed by atoms with Crippen molar-refractivity contribution in [2.24, 2.45) is 5.92 Å². The SMILES string of the molecule is CCOc1ccc(Oc2ccc(/C=C/C(C)CO)cn2)c(Cl)c1. The van der Waals surface area contributed by atoms with Crippen molar-refractivity contribution in [2.45, 2.75) is 13.8 Å². The molecule has 2 aromatic rings. The fourth-order valence-electron chi connectivity index (χ4n) is 1.82. The summed E-state index contributed by atoms with van der Waals surface area (Å²) in [6, 6.07) is 8.94. The maximum Gasteiger partial charge on any atom is 0.219 e. The molecule has 122 valence electrons. The first-order valence-electron chi connectivity index (χ1n) is 7.47. The number of rotatable bonds is 7. The molecule has 1 atom stereocenters. The third-order valence-corrected chi connectivity index (χ3v) is 3.39. The van der Waals surface area contributed by atoms with Gasteiger partial charge in [0.15, 0.2) is 0 Å². The van der Waals surface area contributed by atoms with Crippen molar-refractivity contribution in [3.8, 4) is 17.4 Å². The highest BCUT2D eigenvalue weighted by Crippen LogP contribution is 2.31. The number of halogens is 1. The molecule has 4 nitrogen and oxygen atoms in total. The second-order valence-electron chi connectivity index (χ2n) is 5.08. The van der Waals surface area contributed by atoms with Crippen LogP contribution in [0.25, 0.3) is 6.08 Å². The largest absolute Gasteiger partial charge is 0.494 e. The van der Waals surface area contributed by atoms with Crippen LogP contribution in [0.3, 0.4) is 0 Å². The van der Waals surface area contributed by atoms with Crippen LogP contribution >= 0.6 is 11.6 Å². The summed E-state index contributed by atoms with van der Waals surface area (Å²) in [4.78, 5) is 4.25. The van der Waals surface area contributed by atoms with Crippen LogP contribution in [0.4, 0.5) is 0 Å². The number of hydrogen-bond acceptors (Lipinski definition) is 4. The van der Waals surface area contributed by atoms with E-state index in [4.69, 9.17) is 26.2 Å². The highest BCUT2D eigenvalue weighted by atomic mass is 35.5. The summed E-state index contributed by atoms with van der Waals surface area (Å²) in [5.74, 6) is 1.81. The molecule has 1 aromatic heterocycles. The zero-order valence-corrected chi connectivity index (χ0v) is 14.0. The monoisotopic (exact) mass is 333 g/mol. The van der Waals surface area contributed by atoms with Gasteiger partial charge < -0.3 is 14.6 Å². The van der Waals surface area contributed by atoms with Gasteiger partial charge in [-0.05, 0) is 36.6 Å². The Labute approximate surface area is 141 Å². The van der Waals surface area contributed by atoms with Crippen LogP contribution in [0.2, 0.25) is 5.02 Å². The van der Waals surface area contributed by atoms with Crippen LogP contribution in [-0.4, -0.2) is 23.3 Å². The Bertz CT molecular complexity index is 656. The Morgan fingerprint density at radius 3 is 2.74 bits per heavy atom. The summed E-state index contributed by atoms with van der Waals surface area (Å²) in [6.07, 6.45) is 5.56. The lowest BCUT2D eigenvalue weighted by molar-refractivity contribution is 0.262. The van der Waals surface area contributed by atoms with Gasteiger partial charge in [0.1, 0.15) is 11.5 Å². The Hall–Kier alpha value is -2.04. The zero-order chi connectivity index (χ0) is 16.7. The van der Waals surface area contributed by atoms with Crippen molar-refractivity contribution in [1.82, 2.24) is 4.98 Å². The molecule has 0 fully saturated rings. The smallest absolute Gasteiger partial charge is 0.219 e. The molecule has 0 spiro atoms. The summed E-state index contributed by atoms with van der Waals surface area (Å²) in [6.45, 7) is 4.57. The normalized spacial score (nSPS) is 12.3. The van der Waals surface area contributed by atoms with Crippen LogP contribution in [0.1, 0.15) is 19.4 Å². The first kappa shape index (κ1) is 17.3. The van der Waals surface area contributed by atoms with E-state index in [1.807, 2.05) is 32.1 Å². The van der Waals surface area contributed by atoms with Crippen molar-refractivity contribution in [3.05, 3.63) is 53.2 Å². The second-order valence-corrected chi connectivity index (χ2v) is 5.48. The summed E-state index contributed by atoms with van der Waals surface area (Å²) >= 11 is 6.18. The number of pyridine rings is 1. The van der Waals surface area contributed by atoms with Crippen molar-refractivity contribution in [2.75, 3.05) is 13.2 Å². The lowest BCUT2D eigenvalue weighted by Crippen LogP contribution is -1.95. The minimum atomic E-state index is 0.119. The van der Waals surface area contributed by atoms with Gasteiger partial charge >= 0.3 is 0 Å². The number of nitrogens with zero attached hydrogens (tertiary/aromatic N) is 1. The lowest BCUT2D eigenvalue weighted by atomic mass is 10.1. The molecule has 0 saturated heterocycles. The number of hydrogen-bond donors (Lipinski definition) is 1. The summed E-state index contributed by atoms with van der Waals surface area (Å²) in [5, 5.41) is 9.46. The molecule has 0 bridgehead atoms. The Morgan fingerprint density at radius 2 is 2.13 bits per heavy atom. The van der Waals surface area contributed by atoms with E-state index in [0.29, 0.717) is 29.0 Å². The maximum absolute atomic E-state index is 8.99. The van der Waals surface area contributed by atoms with Crippen molar-refractivity contribution >= 4 is 17.7 Å². The number of aliphatic hydroxyl groups excluding tert-OH is 1. The second kappa shape index (κ2) is 8.56. The van der Waals surface area contributed by atoms with Gasteiger partial charge in [0.25, 0.3) is 0 Å². The van der Waals surface area contributed by atoms with Crippen LogP contribution in [0.15, 0.2) is 42.6 Å². The third-order valence-electron chi connectivity index (χ3n) is 3.09. The van der Waals surface area contributed by atoms with Gasteiger partial charge in [0.2, 0.25) is 5.88 Å². The van der Waals surface area contributed by atoms with Gasteiger partial charge in [-0.3, -0.25) is 0 Å². The van der Waals surface area contributed by atoms with Gasteiger partial charge in [-0.2, -0.15) is 0 Å². The minimum Gasteiger partial charge on any atom is -0.494 e. The van der Waals surface area contributed by atoms with Gasteiger partial charge in [0, 0.05) is 24.9 Å². The summed E-state index contributed by atoms with van der Waals surface area (Å²) < 4.78 is 11.1. The fraction of sp³-hybridized carbons (Fsp3) is 0.278. The van der Waals surface area contributed by atoms with E-state index in [1.165, 1.54) is 0 Å². The molecule has 1 unspecified atom stereocenters. The van der Waals surface area contributed by atoms with Gasteiger partial charge in [-0.1, -0.05) is 30.7 Å². The minimum absolute atomic E-state index is 0.119. The average Bonchev–Trinajstić information content (AvgIpc) is 2.56. The molecule has 0 aliphatic rings. The van der Waals surface area contributed by atoms with E-state index < -0.39 is 0 Å². The molecule has 0 aliphatic heterocycles. The Morgan fingerprint density at radius 1 is 1.30 bits per heavy atom. The first-order chi connectivity index (χ1) is 11.1. The van der Waals surface area contributed by atoms with Crippen LogP contribution in [0.5, 0.6) is 17.4 Å². The quantitative estimate of drug-likeness (QED) is 0.806. The van der Waals surface area contributed by atoms with E-state index in [0.717, 1.165) is 5.56 Å². The summed E-state index contributed by atoms with van der Waals surface area (Å²) in [7, 11) is 0. The first-order valence-corrected chi connectivity index (χ1v) is 7.85. The van der Waals surface area contributed by atoms with Crippen LogP contribution < -0.4 is 9.47 Å². The molecule has 1 N–H and O–H groups in total. The predicted molar refractivity (Wildman–Crippen MR) is 92.2 cm³/mol. The number of aliphatic hydroxyl groups is 1. The van der Waals surface area contributed by atoms with Crippen molar-refractivity contribution < 1.29 is 14.6 Å². The summed E-state index contributed by atoms with van der Waals surface area (Å²) in [5.41, 5.74) is 0.940. The average molecular weight is 334 g/mol. The molecule has 5 heteroatoms. The molecule has 1 heterocycles. The van der Waals surface area contributed by atoms with E-state index in [2.05, 4.69) is 4.98 Å². The van der Waals surface area contributed by atoms with Crippen LogP contribution in [0, 0.1) is 5.92 Å². The van der Waals surface area contributed by atoms with Gasteiger partial charge in [-0.15, -0.1) is 0 Å².